The number of Topliss-reactive ketones (excluding diaryl/α,β-unsaturated/α-hetero) is 2. The van der Waals surface area contributed by atoms with Crippen LogP contribution in [-0.4, -0.2) is 16.1 Å². The number of nitrogens with zero attached hydrogens (tertiary/aromatic N) is 1. The van der Waals surface area contributed by atoms with Crippen molar-refractivity contribution in [3.05, 3.63) is 93.5 Å². The van der Waals surface area contributed by atoms with Crippen LogP contribution in [0.15, 0.2) is 77.4 Å². The van der Waals surface area contributed by atoms with Crippen molar-refractivity contribution >= 4 is 34.1 Å². The number of aromatic nitrogens is 1. The Morgan fingerprint density at radius 2 is 1.58 bits per heavy atom. The fraction of sp³-hybridized carbons (Fsp3) is 0.286. The van der Waals surface area contributed by atoms with Gasteiger partial charge in [0.2, 0.25) is 0 Å². The first kappa shape index (κ1) is 20.5. The van der Waals surface area contributed by atoms with Crippen LogP contribution in [-0.2, 0) is 20.9 Å². The largest absolute Gasteiger partial charge is 0.465 e. The molecule has 0 amide bonds. The number of fused-ring (bicyclic) bond motifs is 1. The minimum atomic E-state index is -0.352. The van der Waals surface area contributed by atoms with E-state index in [1.54, 1.807) is 0 Å². The van der Waals surface area contributed by atoms with Crippen LogP contribution in [0.5, 0.6) is 0 Å². The van der Waals surface area contributed by atoms with Gasteiger partial charge < -0.3 is 9.30 Å². The number of ketones is 2. The highest BCUT2D eigenvalue weighted by Gasteiger charge is 2.42. The zero-order valence-corrected chi connectivity index (χ0v) is 19.0. The van der Waals surface area contributed by atoms with Gasteiger partial charge in [0.15, 0.2) is 11.6 Å². The summed E-state index contributed by atoms with van der Waals surface area (Å²) in [5.41, 5.74) is 4.59. The van der Waals surface area contributed by atoms with E-state index in [0.29, 0.717) is 35.6 Å². The number of allylic oxidation sites excluding steroid dienone is 4. The summed E-state index contributed by atoms with van der Waals surface area (Å²) in [5, 5.41) is 1.78. The second-order valence-electron chi connectivity index (χ2n) is 9.12. The lowest BCUT2D eigenvalue weighted by molar-refractivity contribution is -0.117. The number of benzene rings is 2. The third-order valence-electron chi connectivity index (χ3n) is 7.01. The van der Waals surface area contributed by atoms with Crippen LogP contribution in [0.3, 0.4) is 0 Å². The average Bonchev–Trinajstić information content (AvgIpc) is 3.16. The van der Waals surface area contributed by atoms with Gasteiger partial charge in [-0.1, -0.05) is 41.9 Å². The number of carbonyl (C=O) groups is 2. The van der Waals surface area contributed by atoms with Crippen LogP contribution >= 0.6 is 11.6 Å². The van der Waals surface area contributed by atoms with Crippen molar-refractivity contribution in [1.29, 1.82) is 0 Å². The molecule has 2 aliphatic carbocycles. The van der Waals surface area contributed by atoms with E-state index >= 15 is 0 Å². The smallest absolute Gasteiger partial charge is 0.163 e. The lowest BCUT2D eigenvalue weighted by Gasteiger charge is -2.35. The summed E-state index contributed by atoms with van der Waals surface area (Å²) >= 11 is 6.23. The summed E-state index contributed by atoms with van der Waals surface area (Å²) in [5.74, 6) is 1.42. The van der Waals surface area contributed by atoms with Gasteiger partial charge in [0.05, 0.1) is 0 Å². The highest BCUT2D eigenvalue weighted by molar-refractivity contribution is 6.30. The molecule has 5 heteroatoms. The van der Waals surface area contributed by atoms with Gasteiger partial charge in [0, 0.05) is 71.4 Å². The van der Waals surface area contributed by atoms with Crippen LogP contribution in [0.1, 0.15) is 55.6 Å². The summed E-state index contributed by atoms with van der Waals surface area (Å²) in [6.07, 6.45) is 6.26. The van der Waals surface area contributed by atoms with Crippen LogP contribution < -0.4 is 0 Å². The van der Waals surface area contributed by atoms with Gasteiger partial charge in [-0.25, -0.2) is 0 Å². The molecule has 0 atom stereocenters. The average molecular weight is 458 g/mol. The second-order valence-corrected chi connectivity index (χ2v) is 9.56. The molecule has 33 heavy (non-hydrogen) atoms. The maximum absolute atomic E-state index is 13.2. The van der Waals surface area contributed by atoms with E-state index in [4.69, 9.17) is 16.3 Å². The third-order valence-corrected chi connectivity index (χ3v) is 7.25. The fourth-order valence-electron chi connectivity index (χ4n) is 5.60. The molecule has 0 unspecified atom stereocenters. The van der Waals surface area contributed by atoms with Crippen LogP contribution in [0.25, 0.3) is 10.9 Å². The van der Waals surface area contributed by atoms with Crippen molar-refractivity contribution in [3.8, 4) is 0 Å². The predicted molar refractivity (Wildman–Crippen MR) is 128 cm³/mol. The van der Waals surface area contributed by atoms with Gasteiger partial charge in [-0.05, 0) is 42.2 Å². The Bertz CT molecular complexity index is 1330. The summed E-state index contributed by atoms with van der Waals surface area (Å²) in [4.78, 5) is 26.3. The first-order chi connectivity index (χ1) is 16.1. The number of hydrogen-bond acceptors (Lipinski definition) is 3. The minimum absolute atomic E-state index is 0.109. The maximum Gasteiger partial charge on any atom is 0.163 e. The molecule has 6 rings (SSSR count). The van der Waals surface area contributed by atoms with Crippen LogP contribution in [0, 0.1) is 0 Å². The maximum atomic E-state index is 13.2. The lowest BCUT2D eigenvalue weighted by Crippen LogP contribution is -2.30. The monoisotopic (exact) mass is 457 g/mol. The molecule has 2 aromatic carbocycles. The number of ether oxygens (including phenoxy) is 1. The zero-order chi connectivity index (χ0) is 22.5. The molecule has 0 radical (unpaired) electrons. The van der Waals surface area contributed by atoms with Crippen molar-refractivity contribution in [2.24, 2.45) is 0 Å². The highest BCUT2D eigenvalue weighted by atomic mass is 35.5. The summed E-state index contributed by atoms with van der Waals surface area (Å²) in [7, 11) is 0. The molecule has 0 spiro atoms. The minimum Gasteiger partial charge on any atom is -0.465 e. The van der Waals surface area contributed by atoms with Crippen molar-refractivity contribution < 1.29 is 14.3 Å². The number of para-hydroxylation sites is 1. The van der Waals surface area contributed by atoms with Gasteiger partial charge in [-0.2, -0.15) is 0 Å². The zero-order valence-electron chi connectivity index (χ0n) is 18.3. The Balaban J connectivity index is 1.55. The highest BCUT2D eigenvalue weighted by Crippen LogP contribution is 2.49. The van der Waals surface area contributed by atoms with Crippen molar-refractivity contribution in [2.45, 2.75) is 51.0 Å². The molecule has 0 saturated heterocycles. The molecule has 3 aliphatic rings. The quantitative estimate of drug-likeness (QED) is 0.452. The standard InChI is InChI=1S/C28H24ClNO3/c29-18-7-3-6-17(14-18)15-30-16-20(19-8-1-2-9-21(19)30)26-27-22(31)10-4-12-24(27)33-25-13-5-11-23(32)28(25)26/h1-3,6-9,14,16,26H,4-5,10-13,15H2. The Kier molecular flexibility index (Phi) is 4.99. The van der Waals surface area contributed by atoms with E-state index in [1.807, 2.05) is 30.3 Å². The lowest BCUT2D eigenvalue weighted by atomic mass is 9.73. The normalized spacial score (nSPS) is 19.1. The van der Waals surface area contributed by atoms with Crippen LogP contribution in [0.4, 0.5) is 0 Å². The van der Waals surface area contributed by atoms with E-state index in [2.05, 4.69) is 29.0 Å². The van der Waals surface area contributed by atoms with Crippen molar-refractivity contribution in [3.63, 3.8) is 0 Å². The summed E-state index contributed by atoms with van der Waals surface area (Å²) in [6.45, 7) is 0.657. The van der Waals surface area contributed by atoms with Crippen LogP contribution in [0.2, 0.25) is 5.02 Å². The second kappa shape index (κ2) is 8.03. The molecular weight excluding hydrogens is 434 g/mol. The SMILES string of the molecule is O=C1CCCC2=C1C(c1cn(Cc3cccc(Cl)c3)c3ccccc13)C1=C(CCCC1=O)O2. The molecular formula is C28H24ClNO3. The Hall–Kier alpha value is -3.11. The first-order valence-corrected chi connectivity index (χ1v) is 12.0. The molecule has 2 heterocycles. The van der Waals surface area contributed by atoms with E-state index in [9.17, 15) is 9.59 Å². The van der Waals surface area contributed by atoms with Gasteiger partial charge in [-0.3, -0.25) is 9.59 Å². The fourth-order valence-corrected chi connectivity index (χ4v) is 5.81. The molecule has 0 bridgehead atoms. The molecule has 0 saturated carbocycles. The number of rotatable bonds is 3. The number of carbonyl (C=O) groups excluding carboxylic acids is 2. The Labute approximate surface area is 197 Å². The Morgan fingerprint density at radius 3 is 2.27 bits per heavy atom. The molecule has 3 aromatic rings. The number of halogens is 1. The van der Waals surface area contributed by atoms with E-state index < -0.39 is 0 Å². The van der Waals surface area contributed by atoms with Gasteiger partial charge >= 0.3 is 0 Å². The molecule has 1 aromatic heterocycles. The van der Waals surface area contributed by atoms with Crippen molar-refractivity contribution in [2.75, 3.05) is 0 Å². The van der Waals surface area contributed by atoms with E-state index in [0.717, 1.165) is 59.2 Å². The molecule has 1 aliphatic heterocycles. The molecule has 4 nitrogen and oxygen atoms in total. The molecule has 0 N–H and O–H groups in total. The third kappa shape index (κ3) is 3.44. The molecule has 166 valence electrons. The van der Waals surface area contributed by atoms with E-state index in [1.165, 1.54) is 0 Å². The Morgan fingerprint density at radius 1 is 0.879 bits per heavy atom. The summed E-state index contributed by atoms with van der Waals surface area (Å²) in [6, 6.07) is 16.1. The predicted octanol–water partition coefficient (Wildman–Crippen LogP) is 6.47. The van der Waals surface area contributed by atoms with Gasteiger partial charge in [0.25, 0.3) is 0 Å². The topological polar surface area (TPSA) is 48.3 Å². The first-order valence-electron chi connectivity index (χ1n) is 11.6. The summed E-state index contributed by atoms with van der Waals surface area (Å²) < 4.78 is 8.41. The van der Waals surface area contributed by atoms with Gasteiger partial charge in [0.1, 0.15) is 11.5 Å². The van der Waals surface area contributed by atoms with Gasteiger partial charge in [-0.15, -0.1) is 0 Å². The van der Waals surface area contributed by atoms with Crippen molar-refractivity contribution in [1.82, 2.24) is 4.57 Å². The van der Waals surface area contributed by atoms with E-state index in [-0.39, 0.29) is 17.5 Å². The molecule has 0 fully saturated rings. The number of hydrogen-bond donors (Lipinski definition) is 0.